The van der Waals surface area contributed by atoms with Crippen molar-refractivity contribution in [1.82, 2.24) is 4.90 Å². The van der Waals surface area contributed by atoms with E-state index in [1.54, 1.807) is 0 Å². The van der Waals surface area contributed by atoms with Gasteiger partial charge in [0.05, 0.1) is 0 Å². The molecule has 0 spiro atoms. The maximum Gasteiger partial charge on any atom is 0.0409 e. The summed E-state index contributed by atoms with van der Waals surface area (Å²) in [5.41, 5.74) is 7.36. The average Bonchev–Trinajstić information content (AvgIpc) is 3.09. The van der Waals surface area contributed by atoms with Crippen LogP contribution < -0.4 is 5.73 Å². The lowest BCUT2D eigenvalue weighted by atomic mass is 10.1. The normalized spacial score (nSPS) is 17.4. The van der Waals surface area contributed by atoms with Crippen LogP contribution in [0.3, 0.4) is 0 Å². The lowest BCUT2D eigenvalue weighted by Crippen LogP contribution is -2.29. The SMILES string of the molecule is CN(CCC(N)C1CC1)Cc1cccc(Cl)c1. The Kier molecular flexibility index (Phi) is 4.43. The molecule has 3 heteroatoms. The van der Waals surface area contributed by atoms with Gasteiger partial charge >= 0.3 is 0 Å². The van der Waals surface area contributed by atoms with Gasteiger partial charge in [-0.2, -0.15) is 0 Å². The minimum Gasteiger partial charge on any atom is -0.327 e. The summed E-state index contributed by atoms with van der Waals surface area (Å²) < 4.78 is 0. The van der Waals surface area contributed by atoms with E-state index in [4.69, 9.17) is 17.3 Å². The largest absolute Gasteiger partial charge is 0.327 e. The van der Waals surface area contributed by atoms with Crippen molar-refractivity contribution in [2.45, 2.75) is 31.8 Å². The van der Waals surface area contributed by atoms with Gasteiger partial charge in [0.25, 0.3) is 0 Å². The van der Waals surface area contributed by atoms with Crippen molar-refractivity contribution < 1.29 is 0 Å². The molecule has 0 bridgehead atoms. The molecule has 0 radical (unpaired) electrons. The zero-order chi connectivity index (χ0) is 12.3. The van der Waals surface area contributed by atoms with Gasteiger partial charge in [0, 0.05) is 17.6 Å². The molecule has 1 atom stereocenters. The summed E-state index contributed by atoms with van der Waals surface area (Å²) in [6.07, 6.45) is 3.76. The molecule has 1 aliphatic carbocycles. The highest BCUT2D eigenvalue weighted by molar-refractivity contribution is 6.30. The van der Waals surface area contributed by atoms with Crippen LogP contribution in [0.15, 0.2) is 24.3 Å². The van der Waals surface area contributed by atoms with Crippen LogP contribution in [0, 0.1) is 5.92 Å². The first-order chi connectivity index (χ1) is 8.15. The molecule has 2 nitrogen and oxygen atoms in total. The van der Waals surface area contributed by atoms with Crippen LogP contribution in [0.2, 0.25) is 5.02 Å². The third-order valence-corrected chi connectivity index (χ3v) is 3.65. The summed E-state index contributed by atoms with van der Waals surface area (Å²) in [6.45, 7) is 2.00. The van der Waals surface area contributed by atoms with E-state index in [-0.39, 0.29) is 0 Å². The predicted octanol–water partition coefficient (Wildman–Crippen LogP) is 2.90. The topological polar surface area (TPSA) is 29.3 Å². The summed E-state index contributed by atoms with van der Waals surface area (Å²) in [6, 6.07) is 8.45. The second-order valence-electron chi connectivity index (χ2n) is 5.16. The maximum absolute atomic E-state index is 6.10. The van der Waals surface area contributed by atoms with E-state index in [0.717, 1.165) is 30.5 Å². The Hall–Kier alpha value is -0.570. The Morgan fingerprint density at radius 3 is 2.88 bits per heavy atom. The molecule has 1 aromatic rings. The number of nitrogens with zero attached hydrogens (tertiary/aromatic N) is 1. The second kappa shape index (κ2) is 5.85. The second-order valence-corrected chi connectivity index (χ2v) is 5.59. The Bertz CT molecular complexity index is 363. The molecule has 1 fully saturated rings. The Labute approximate surface area is 109 Å². The number of hydrogen-bond donors (Lipinski definition) is 1. The monoisotopic (exact) mass is 252 g/mol. The van der Waals surface area contributed by atoms with Gasteiger partial charge in [-0.05, 0) is 56.5 Å². The van der Waals surface area contributed by atoms with E-state index in [1.165, 1.54) is 18.4 Å². The quantitative estimate of drug-likeness (QED) is 0.844. The van der Waals surface area contributed by atoms with E-state index in [1.807, 2.05) is 18.2 Å². The van der Waals surface area contributed by atoms with Crippen molar-refractivity contribution in [3.05, 3.63) is 34.9 Å². The molecule has 0 amide bonds. The van der Waals surface area contributed by atoms with E-state index in [0.29, 0.717) is 6.04 Å². The number of benzene rings is 1. The van der Waals surface area contributed by atoms with Gasteiger partial charge in [-0.15, -0.1) is 0 Å². The molecule has 0 aromatic heterocycles. The van der Waals surface area contributed by atoms with Crippen LogP contribution in [0.5, 0.6) is 0 Å². The first-order valence-electron chi connectivity index (χ1n) is 6.33. The van der Waals surface area contributed by atoms with Crippen LogP contribution in [-0.4, -0.2) is 24.5 Å². The number of nitrogens with two attached hydrogens (primary N) is 1. The fourth-order valence-corrected chi connectivity index (χ4v) is 2.37. The van der Waals surface area contributed by atoms with Crippen molar-refractivity contribution in [3.8, 4) is 0 Å². The molecule has 17 heavy (non-hydrogen) atoms. The molecular formula is C14H21ClN2. The summed E-state index contributed by atoms with van der Waals surface area (Å²) in [5, 5.41) is 0.811. The third kappa shape index (κ3) is 4.30. The Morgan fingerprint density at radius 2 is 2.24 bits per heavy atom. The van der Waals surface area contributed by atoms with Crippen LogP contribution in [0.25, 0.3) is 0 Å². The van der Waals surface area contributed by atoms with Gasteiger partial charge in [-0.25, -0.2) is 0 Å². The highest BCUT2D eigenvalue weighted by Crippen LogP contribution is 2.32. The molecule has 1 saturated carbocycles. The van der Waals surface area contributed by atoms with E-state index < -0.39 is 0 Å². The highest BCUT2D eigenvalue weighted by Gasteiger charge is 2.28. The molecule has 1 aliphatic rings. The summed E-state index contributed by atoms with van der Waals surface area (Å²) in [4.78, 5) is 2.31. The summed E-state index contributed by atoms with van der Waals surface area (Å²) in [7, 11) is 2.14. The van der Waals surface area contributed by atoms with Crippen molar-refractivity contribution in [1.29, 1.82) is 0 Å². The molecule has 1 unspecified atom stereocenters. The average molecular weight is 253 g/mol. The number of rotatable bonds is 6. The molecule has 1 aromatic carbocycles. The van der Waals surface area contributed by atoms with Crippen molar-refractivity contribution >= 4 is 11.6 Å². The van der Waals surface area contributed by atoms with Gasteiger partial charge in [-0.1, -0.05) is 23.7 Å². The molecular weight excluding hydrogens is 232 g/mol. The predicted molar refractivity (Wildman–Crippen MR) is 73.1 cm³/mol. The molecule has 0 saturated heterocycles. The first kappa shape index (κ1) is 12.9. The lowest BCUT2D eigenvalue weighted by Gasteiger charge is -2.19. The maximum atomic E-state index is 6.10. The Balaban J connectivity index is 1.74. The van der Waals surface area contributed by atoms with Gasteiger partial charge in [0.1, 0.15) is 0 Å². The van der Waals surface area contributed by atoms with Crippen LogP contribution in [-0.2, 0) is 6.54 Å². The van der Waals surface area contributed by atoms with E-state index in [2.05, 4.69) is 18.0 Å². The molecule has 2 rings (SSSR count). The zero-order valence-corrected chi connectivity index (χ0v) is 11.2. The summed E-state index contributed by atoms with van der Waals surface area (Å²) in [5.74, 6) is 0.801. The van der Waals surface area contributed by atoms with E-state index >= 15 is 0 Å². The standard InChI is InChI=1S/C14H21ClN2/c1-17(8-7-14(16)12-5-6-12)10-11-3-2-4-13(15)9-11/h2-4,9,12,14H,5-8,10,16H2,1H3. The number of halogens is 1. The molecule has 0 aliphatic heterocycles. The molecule has 2 N–H and O–H groups in total. The summed E-state index contributed by atoms with van der Waals surface area (Å²) >= 11 is 5.97. The van der Waals surface area contributed by atoms with Gasteiger partial charge in [-0.3, -0.25) is 0 Å². The molecule has 0 heterocycles. The fourth-order valence-electron chi connectivity index (χ4n) is 2.16. The minimum absolute atomic E-state index is 0.400. The van der Waals surface area contributed by atoms with Crippen molar-refractivity contribution in [3.63, 3.8) is 0 Å². The van der Waals surface area contributed by atoms with Crippen LogP contribution in [0.1, 0.15) is 24.8 Å². The third-order valence-electron chi connectivity index (χ3n) is 3.41. The first-order valence-corrected chi connectivity index (χ1v) is 6.71. The number of hydrogen-bond acceptors (Lipinski definition) is 2. The van der Waals surface area contributed by atoms with Gasteiger partial charge in [0.2, 0.25) is 0 Å². The minimum atomic E-state index is 0.400. The highest BCUT2D eigenvalue weighted by atomic mass is 35.5. The van der Waals surface area contributed by atoms with Crippen molar-refractivity contribution in [2.24, 2.45) is 11.7 Å². The fraction of sp³-hybridized carbons (Fsp3) is 0.571. The Morgan fingerprint density at radius 1 is 1.47 bits per heavy atom. The van der Waals surface area contributed by atoms with Crippen molar-refractivity contribution in [2.75, 3.05) is 13.6 Å². The van der Waals surface area contributed by atoms with Gasteiger partial charge < -0.3 is 10.6 Å². The zero-order valence-electron chi connectivity index (χ0n) is 10.4. The molecule has 94 valence electrons. The lowest BCUT2D eigenvalue weighted by molar-refractivity contribution is 0.305. The smallest absolute Gasteiger partial charge is 0.0409 e. The van der Waals surface area contributed by atoms with E-state index in [9.17, 15) is 0 Å². The van der Waals surface area contributed by atoms with Crippen LogP contribution >= 0.6 is 11.6 Å². The van der Waals surface area contributed by atoms with Crippen LogP contribution in [0.4, 0.5) is 0 Å². The van der Waals surface area contributed by atoms with Gasteiger partial charge in [0.15, 0.2) is 0 Å².